The Kier molecular flexibility index (Phi) is 3.49. The molecule has 0 aliphatic heterocycles. The van der Waals surface area contributed by atoms with E-state index >= 15 is 0 Å². The molecule has 0 atom stereocenters. The molecule has 0 aliphatic carbocycles. The maximum absolute atomic E-state index is 10.5. The van der Waals surface area contributed by atoms with Gasteiger partial charge in [0.15, 0.2) is 11.5 Å². The summed E-state index contributed by atoms with van der Waals surface area (Å²) < 4.78 is 1.26. The number of carboxylic acid groups (broad SMARTS) is 1. The Morgan fingerprint density at radius 2 is 2.14 bits per heavy atom. The summed E-state index contributed by atoms with van der Waals surface area (Å²) in [4.78, 5) is 10.5. The largest absolute Gasteiger partial charge is 1.00 e. The summed E-state index contributed by atoms with van der Waals surface area (Å²) in [6.45, 7) is 0. The van der Waals surface area contributed by atoms with Gasteiger partial charge in [-0.15, -0.1) is 10.2 Å². The first-order valence-corrected chi connectivity index (χ1v) is 3.78. The van der Waals surface area contributed by atoms with Crippen molar-refractivity contribution in [2.75, 3.05) is 0 Å². The van der Waals surface area contributed by atoms with Gasteiger partial charge < -0.3 is 9.90 Å². The number of aromatic carboxylic acids is 1. The molecular formula is C7H3ClN3NaO2. The molecule has 0 N–H and O–H groups in total. The van der Waals surface area contributed by atoms with Gasteiger partial charge in [0.05, 0.1) is 5.02 Å². The van der Waals surface area contributed by atoms with Crippen LogP contribution in [0.1, 0.15) is 10.6 Å². The molecule has 5 nitrogen and oxygen atoms in total. The average molecular weight is 220 g/mol. The molecule has 2 aromatic rings. The van der Waals surface area contributed by atoms with Crippen molar-refractivity contribution < 1.29 is 39.5 Å². The quantitative estimate of drug-likeness (QED) is 0.473. The topological polar surface area (TPSA) is 70.3 Å². The monoisotopic (exact) mass is 219 g/mol. The Morgan fingerprint density at radius 1 is 1.43 bits per heavy atom. The van der Waals surface area contributed by atoms with E-state index in [1.807, 2.05) is 0 Å². The zero-order valence-electron chi connectivity index (χ0n) is 7.27. The summed E-state index contributed by atoms with van der Waals surface area (Å²) in [5, 5.41) is 18.0. The molecule has 0 aliphatic rings. The Balaban J connectivity index is 0.000000980. The van der Waals surface area contributed by atoms with Crippen molar-refractivity contribution >= 4 is 23.2 Å². The van der Waals surface area contributed by atoms with Crippen molar-refractivity contribution in [2.45, 2.75) is 0 Å². The van der Waals surface area contributed by atoms with Crippen LogP contribution in [0.4, 0.5) is 0 Å². The van der Waals surface area contributed by atoms with E-state index in [9.17, 15) is 9.90 Å². The fourth-order valence-electron chi connectivity index (χ4n) is 1.00. The van der Waals surface area contributed by atoms with Gasteiger partial charge in [-0.25, -0.2) is 0 Å². The molecular weight excluding hydrogens is 217 g/mol. The van der Waals surface area contributed by atoms with Gasteiger partial charge in [0.2, 0.25) is 0 Å². The van der Waals surface area contributed by atoms with Crippen LogP contribution < -0.4 is 34.7 Å². The molecule has 2 rings (SSSR count). The van der Waals surface area contributed by atoms with Crippen LogP contribution in [0, 0.1) is 0 Å². The smallest absolute Gasteiger partial charge is 0.541 e. The average Bonchev–Trinajstić information content (AvgIpc) is 2.46. The van der Waals surface area contributed by atoms with E-state index in [-0.39, 0.29) is 35.4 Å². The maximum atomic E-state index is 10.5. The van der Waals surface area contributed by atoms with Crippen molar-refractivity contribution in [3.8, 4) is 0 Å². The summed E-state index contributed by atoms with van der Waals surface area (Å²) in [6, 6.07) is 3.17. The SMILES string of the molecule is O=C([O-])c1nnc2ccc(Cl)cn12.[Na+]. The number of hydrogen-bond donors (Lipinski definition) is 0. The fraction of sp³-hybridized carbons (Fsp3) is 0. The van der Waals surface area contributed by atoms with Gasteiger partial charge >= 0.3 is 29.6 Å². The minimum atomic E-state index is -1.38. The second kappa shape index (κ2) is 4.27. The summed E-state index contributed by atoms with van der Waals surface area (Å²) in [7, 11) is 0. The Morgan fingerprint density at radius 3 is 2.79 bits per heavy atom. The number of halogens is 1. The molecule has 0 saturated carbocycles. The molecule has 7 heteroatoms. The number of carbonyl (C=O) groups is 1. The maximum Gasteiger partial charge on any atom is 1.00 e. The van der Waals surface area contributed by atoms with Gasteiger partial charge in [0.25, 0.3) is 0 Å². The number of aromatic nitrogens is 3. The van der Waals surface area contributed by atoms with Crippen LogP contribution in [0.5, 0.6) is 0 Å². The first-order valence-electron chi connectivity index (χ1n) is 3.40. The molecule has 0 unspecified atom stereocenters. The first kappa shape index (κ1) is 11.5. The molecule has 66 valence electrons. The molecule has 0 saturated heterocycles. The fourth-order valence-corrected chi connectivity index (χ4v) is 1.16. The predicted octanol–water partition coefficient (Wildman–Crippen LogP) is -3.25. The molecule has 0 amide bonds. The Hall–Kier alpha value is -0.620. The van der Waals surface area contributed by atoms with Crippen LogP contribution in [0.15, 0.2) is 18.3 Å². The summed E-state index contributed by atoms with van der Waals surface area (Å²) >= 11 is 5.66. The van der Waals surface area contributed by atoms with Gasteiger partial charge in [-0.3, -0.25) is 4.40 Å². The van der Waals surface area contributed by atoms with Crippen molar-refractivity contribution in [2.24, 2.45) is 0 Å². The minimum Gasteiger partial charge on any atom is -0.541 e. The molecule has 2 aromatic heterocycles. The van der Waals surface area contributed by atoms with Crippen molar-refractivity contribution in [3.63, 3.8) is 0 Å². The number of rotatable bonds is 1. The standard InChI is InChI=1S/C7H4ClN3O2.Na/c8-4-1-2-5-9-10-6(7(12)13)11(5)3-4;/h1-3H,(H,12,13);/q;+1/p-1. The first-order chi connectivity index (χ1) is 6.18. The number of hydrogen-bond acceptors (Lipinski definition) is 4. The van der Waals surface area contributed by atoms with E-state index < -0.39 is 5.97 Å². The van der Waals surface area contributed by atoms with Crippen molar-refractivity contribution in [1.82, 2.24) is 14.6 Å². The van der Waals surface area contributed by atoms with Gasteiger partial charge in [0, 0.05) is 6.20 Å². The third kappa shape index (κ3) is 1.90. The van der Waals surface area contributed by atoms with Gasteiger partial charge in [-0.05, 0) is 12.1 Å². The van der Waals surface area contributed by atoms with Gasteiger partial charge in [0.1, 0.15) is 5.97 Å². The number of carboxylic acids is 1. The second-order valence-corrected chi connectivity index (χ2v) is 2.82. The molecule has 0 spiro atoms. The molecule has 0 fully saturated rings. The molecule has 0 bridgehead atoms. The minimum absolute atomic E-state index is 0. The number of carbonyl (C=O) groups excluding carboxylic acids is 1. The Bertz CT molecular complexity index is 485. The third-order valence-corrected chi connectivity index (χ3v) is 1.77. The number of fused-ring (bicyclic) bond motifs is 1. The zero-order valence-corrected chi connectivity index (χ0v) is 10.0. The second-order valence-electron chi connectivity index (χ2n) is 2.39. The molecule has 14 heavy (non-hydrogen) atoms. The van der Waals surface area contributed by atoms with E-state index in [0.717, 1.165) is 0 Å². The van der Waals surface area contributed by atoms with Gasteiger partial charge in [-0.1, -0.05) is 11.6 Å². The van der Waals surface area contributed by atoms with Crippen LogP contribution in [-0.2, 0) is 0 Å². The van der Waals surface area contributed by atoms with Gasteiger partial charge in [-0.2, -0.15) is 0 Å². The number of nitrogens with zero attached hydrogens (tertiary/aromatic N) is 3. The molecule has 0 aromatic carbocycles. The molecule has 2 heterocycles. The van der Waals surface area contributed by atoms with Crippen LogP contribution >= 0.6 is 11.6 Å². The summed E-state index contributed by atoms with van der Waals surface area (Å²) in [5.74, 6) is -1.63. The van der Waals surface area contributed by atoms with Crippen LogP contribution in [0.2, 0.25) is 5.02 Å². The predicted molar refractivity (Wildman–Crippen MR) is 42.3 cm³/mol. The normalized spacial score (nSPS) is 9.79. The number of pyridine rings is 1. The van der Waals surface area contributed by atoms with E-state index in [1.165, 1.54) is 10.6 Å². The van der Waals surface area contributed by atoms with Crippen LogP contribution in [0.25, 0.3) is 5.65 Å². The summed E-state index contributed by atoms with van der Waals surface area (Å²) in [5.41, 5.74) is 0.420. The van der Waals surface area contributed by atoms with Crippen LogP contribution in [-0.4, -0.2) is 20.6 Å². The summed E-state index contributed by atoms with van der Waals surface area (Å²) in [6.07, 6.45) is 1.42. The van der Waals surface area contributed by atoms with E-state index in [4.69, 9.17) is 11.6 Å². The van der Waals surface area contributed by atoms with Crippen molar-refractivity contribution in [3.05, 3.63) is 29.2 Å². The molecule has 0 radical (unpaired) electrons. The third-order valence-electron chi connectivity index (χ3n) is 1.55. The van der Waals surface area contributed by atoms with Crippen molar-refractivity contribution in [1.29, 1.82) is 0 Å². The zero-order chi connectivity index (χ0) is 9.42. The Labute approximate surface area is 106 Å². The van der Waals surface area contributed by atoms with Crippen LogP contribution in [0.3, 0.4) is 0 Å². The van der Waals surface area contributed by atoms with E-state index in [1.54, 1.807) is 12.1 Å². The van der Waals surface area contributed by atoms with E-state index in [2.05, 4.69) is 10.2 Å². The van der Waals surface area contributed by atoms with E-state index in [0.29, 0.717) is 10.7 Å².